The Labute approximate surface area is 70.5 Å². The molecular weight excluding hydrogens is 160 g/mol. The number of urea groups is 1. The third-order valence-corrected chi connectivity index (χ3v) is 1.80. The predicted molar refractivity (Wildman–Crippen MR) is 41.5 cm³/mol. The van der Waals surface area contributed by atoms with E-state index in [1.165, 1.54) is 0 Å². The SMILES string of the molecule is COCC(C)C1NC(=O)NC1=O. The Morgan fingerprint density at radius 2 is 2.25 bits per heavy atom. The van der Waals surface area contributed by atoms with Crippen molar-refractivity contribution in [3.63, 3.8) is 0 Å². The van der Waals surface area contributed by atoms with Gasteiger partial charge < -0.3 is 10.1 Å². The summed E-state index contributed by atoms with van der Waals surface area (Å²) in [6, 6.07) is -0.870. The van der Waals surface area contributed by atoms with Crippen LogP contribution < -0.4 is 10.6 Å². The van der Waals surface area contributed by atoms with E-state index >= 15 is 0 Å². The summed E-state index contributed by atoms with van der Waals surface area (Å²) in [5, 5.41) is 4.67. The first-order valence-electron chi connectivity index (χ1n) is 3.75. The van der Waals surface area contributed by atoms with Gasteiger partial charge in [0, 0.05) is 13.0 Å². The van der Waals surface area contributed by atoms with Crippen LogP contribution in [0.1, 0.15) is 6.92 Å². The summed E-state index contributed by atoms with van der Waals surface area (Å²) in [5.74, 6) is -0.272. The van der Waals surface area contributed by atoms with E-state index in [4.69, 9.17) is 4.74 Å². The zero-order valence-corrected chi connectivity index (χ0v) is 7.09. The molecule has 1 saturated heterocycles. The van der Waals surface area contributed by atoms with Crippen LogP contribution in [0, 0.1) is 5.92 Å². The zero-order chi connectivity index (χ0) is 9.14. The number of hydrogen-bond acceptors (Lipinski definition) is 3. The fraction of sp³-hybridized carbons (Fsp3) is 0.714. The van der Waals surface area contributed by atoms with Gasteiger partial charge >= 0.3 is 6.03 Å². The lowest BCUT2D eigenvalue weighted by atomic mass is 10.0. The maximum Gasteiger partial charge on any atom is 0.322 e. The minimum atomic E-state index is -0.447. The molecule has 3 amide bonds. The standard InChI is InChI=1S/C7H12N2O3/c1-4(3-12-2)5-6(10)9-7(11)8-5/h4-5H,3H2,1-2H3,(H2,8,9,10,11). The molecule has 0 aromatic heterocycles. The van der Waals surface area contributed by atoms with Gasteiger partial charge in [0.05, 0.1) is 6.61 Å². The number of carbonyl (C=O) groups is 2. The van der Waals surface area contributed by atoms with Crippen LogP contribution in [0.25, 0.3) is 0 Å². The fourth-order valence-electron chi connectivity index (χ4n) is 1.19. The molecule has 5 heteroatoms. The van der Waals surface area contributed by atoms with Gasteiger partial charge in [-0.05, 0) is 0 Å². The first-order chi connectivity index (χ1) is 5.65. The van der Waals surface area contributed by atoms with Crippen molar-refractivity contribution >= 4 is 11.9 Å². The van der Waals surface area contributed by atoms with Crippen LogP contribution >= 0.6 is 0 Å². The number of amides is 3. The van der Waals surface area contributed by atoms with Crippen LogP contribution in [0.4, 0.5) is 4.79 Å². The van der Waals surface area contributed by atoms with Gasteiger partial charge in [0.15, 0.2) is 0 Å². The smallest absolute Gasteiger partial charge is 0.322 e. The molecule has 2 atom stereocenters. The Bertz CT molecular complexity index is 205. The number of imide groups is 1. The van der Waals surface area contributed by atoms with Crippen molar-refractivity contribution < 1.29 is 14.3 Å². The van der Waals surface area contributed by atoms with E-state index in [9.17, 15) is 9.59 Å². The second-order valence-electron chi connectivity index (χ2n) is 2.87. The molecule has 2 N–H and O–H groups in total. The van der Waals surface area contributed by atoms with Crippen molar-refractivity contribution in [2.45, 2.75) is 13.0 Å². The summed E-state index contributed by atoms with van der Waals surface area (Å²) < 4.78 is 4.87. The van der Waals surface area contributed by atoms with E-state index in [1.54, 1.807) is 7.11 Å². The number of carbonyl (C=O) groups excluding carboxylic acids is 2. The second kappa shape index (κ2) is 3.53. The lowest BCUT2D eigenvalue weighted by Crippen LogP contribution is -2.37. The number of hydrogen-bond donors (Lipinski definition) is 2. The Kier molecular flexibility index (Phi) is 2.65. The van der Waals surface area contributed by atoms with Crippen molar-refractivity contribution in [3.8, 4) is 0 Å². The summed E-state index contributed by atoms with van der Waals surface area (Å²) >= 11 is 0. The molecule has 12 heavy (non-hydrogen) atoms. The molecule has 0 bridgehead atoms. The molecule has 68 valence electrons. The Morgan fingerprint density at radius 3 is 2.67 bits per heavy atom. The third-order valence-electron chi connectivity index (χ3n) is 1.80. The van der Waals surface area contributed by atoms with Gasteiger partial charge in [0.25, 0.3) is 5.91 Å². The Morgan fingerprint density at radius 1 is 1.58 bits per heavy atom. The maximum absolute atomic E-state index is 11.1. The van der Waals surface area contributed by atoms with E-state index in [0.717, 1.165) is 0 Å². The zero-order valence-electron chi connectivity index (χ0n) is 7.09. The number of methoxy groups -OCH3 is 1. The van der Waals surface area contributed by atoms with Crippen LogP contribution in [-0.4, -0.2) is 31.7 Å². The number of nitrogens with one attached hydrogen (secondary N) is 2. The molecule has 0 aliphatic carbocycles. The van der Waals surface area contributed by atoms with Gasteiger partial charge in [0.2, 0.25) is 0 Å². The van der Waals surface area contributed by atoms with Crippen LogP contribution in [0.5, 0.6) is 0 Å². The first-order valence-corrected chi connectivity index (χ1v) is 3.75. The van der Waals surface area contributed by atoms with Crippen LogP contribution in [0.3, 0.4) is 0 Å². The normalized spacial score (nSPS) is 25.0. The highest BCUT2D eigenvalue weighted by Gasteiger charge is 2.33. The lowest BCUT2D eigenvalue weighted by molar-refractivity contribution is -0.121. The minimum Gasteiger partial charge on any atom is -0.384 e. The average molecular weight is 172 g/mol. The second-order valence-corrected chi connectivity index (χ2v) is 2.87. The summed E-state index contributed by atoms with van der Waals surface area (Å²) in [6.07, 6.45) is 0. The molecule has 1 aliphatic heterocycles. The highest BCUT2D eigenvalue weighted by Crippen LogP contribution is 2.06. The fourth-order valence-corrected chi connectivity index (χ4v) is 1.19. The van der Waals surface area contributed by atoms with Gasteiger partial charge in [-0.2, -0.15) is 0 Å². The quantitative estimate of drug-likeness (QED) is 0.563. The Hall–Kier alpha value is -1.10. The molecule has 1 rings (SSSR count). The van der Waals surface area contributed by atoms with E-state index in [2.05, 4.69) is 10.6 Å². The topological polar surface area (TPSA) is 67.4 Å². The molecule has 0 saturated carbocycles. The minimum absolute atomic E-state index is 0.00134. The molecule has 0 radical (unpaired) electrons. The largest absolute Gasteiger partial charge is 0.384 e. The number of rotatable bonds is 3. The van der Waals surface area contributed by atoms with E-state index in [1.807, 2.05) is 6.92 Å². The predicted octanol–water partition coefficient (Wildman–Crippen LogP) is -0.523. The highest BCUT2D eigenvalue weighted by atomic mass is 16.5. The van der Waals surface area contributed by atoms with E-state index in [-0.39, 0.29) is 11.8 Å². The summed E-state index contributed by atoms with van der Waals surface area (Å²) in [5.41, 5.74) is 0. The molecule has 0 aromatic rings. The maximum atomic E-state index is 11.1. The molecule has 1 aliphatic rings. The van der Waals surface area contributed by atoms with Crippen molar-refractivity contribution in [1.29, 1.82) is 0 Å². The van der Waals surface area contributed by atoms with Gasteiger partial charge in [0.1, 0.15) is 6.04 Å². The highest BCUT2D eigenvalue weighted by molar-refractivity contribution is 6.04. The third kappa shape index (κ3) is 1.73. The summed E-state index contributed by atoms with van der Waals surface area (Å²) in [6.45, 7) is 2.30. The van der Waals surface area contributed by atoms with Crippen LogP contribution in [0.2, 0.25) is 0 Å². The molecule has 1 fully saturated rings. The molecule has 2 unspecified atom stereocenters. The van der Waals surface area contributed by atoms with Crippen molar-refractivity contribution in [2.75, 3.05) is 13.7 Å². The van der Waals surface area contributed by atoms with Crippen LogP contribution in [0.15, 0.2) is 0 Å². The molecule has 0 spiro atoms. The molecule has 0 aromatic carbocycles. The van der Waals surface area contributed by atoms with E-state index < -0.39 is 12.1 Å². The summed E-state index contributed by atoms with van der Waals surface area (Å²) in [7, 11) is 1.56. The monoisotopic (exact) mass is 172 g/mol. The van der Waals surface area contributed by atoms with Gasteiger partial charge in [-0.15, -0.1) is 0 Å². The molecule has 5 nitrogen and oxygen atoms in total. The average Bonchev–Trinajstić information content (AvgIpc) is 2.30. The Balaban J connectivity index is 2.51. The molecular formula is C7H12N2O3. The lowest BCUT2D eigenvalue weighted by Gasteiger charge is -2.14. The van der Waals surface area contributed by atoms with E-state index in [0.29, 0.717) is 6.61 Å². The van der Waals surface area contributed by atoms with Crippen molar-refractivity contribution in [1.82, 2.24) is 10.6 Å². The van der Waals surface area contributed by atoms with Crippen LogP contribution in [-0.2, 0) is 9.53 Å². The van der Waals surface area contributed by atoms with Crippen molar-refractivity contribution in [3.05, 3.63) is 0 Å². The van der Waals surface area contributed by atoms with Gasteiger partial charge in [-0.25, -0.2) is 4.79 Å². The molecule has 1 heterocycles. The summed E-state index contributed by atoms with van der Waals surface area (Å²) in [4.78, 5) is 21.7. The van der Waals surface area contributed by atoms with Gasteiger partial charge in [-0.1, -0.05) is 6.92 Å². The van der Waals surface area contributed by atoms with Gasteiger partial charge in [-0.3, -0.25) is 10.1 Å². The van der Waals surface area contributed by atoms with Crippen molar-refractivity contribution in [2.24, 2.45) is 5.92 Å². The number of ether oxygens (including phenoxy) is 1. The first kappa shape index (κ1) is 8.99.